The quantitative estimate of drug-likeness (QED) is 0.165. The molecule has 1 amide bonds. The van der Waals surface area contributed by atoms with Crippen LogP contribution in [0.25, 0.3) is 10.9 Å². The van der Waals surface area contributed by atoms with Crippen LogP contribution in [0.3, 0.4) is 0 Å². The molecule has 4 aromatic rings. The van der Waals surface area contributed by atoms with Crippen molar-refractivity contribution in [2.24, 2.45) is 5.92 Å². The Kier molecular flexibility index (Phi) is 6.87. The summed E-state index contributed by atoms with van der Waals surface area (Å²) >= 11 is 0. The number of hydrogen-bond acceptors (Lipinski definition) is 6. The number of hydrogen-bond donors (Lipinski definition) is 1. The first-order valence-electron chi connectivity index (χ1n) is 12.5. The number of esters is 1. The second-order valence-corrected chi connectivity index (χ2v) is 9.34. The zero-order valence-electron chi connectivity index (χ0n) is 21.1. The van der Waals surface area contributed by atoms with Crippen LogP contribution in [0.4, 0.5) is 0 Å². The minimum absolute atomic E-state index is 0.246. The van der Waals surface area contributed by atoms with Gasteiger partial charge in [-0.1, -0.05) is 24.3 Å². The lowest BCUT2D eigenvalue weighted by atomic mass is 9.86. The molecule has 3 heterocycles. The maximum absolute atomic E-state index is 13.5. The van der Waals surface area contributed by atoms with Gasteiger partial charge in [-0.2, -0.15) is 0 Å². The Balaban J connectivity index is 1.50. The summed E-state index contributed by atoms with van der Waals surface area (Å²) < 4.78 is 5.07. The number of fused-ring (bicyclic) bond motifs is 1. The zero-order chi connectivity index (χ0) is 26.8. The molecule has 0 saturated carbocycles. The summed E-state index contributed by atoms with van der Waals surface area (Å²) in [4.78, 5) is 61.0. The van der Waals surface area contributed by atoms with Crippen LogP contribution in [-0.2, 0) is 20.7 Å². The molecule has 192 valence electrons. The smallest absolute Gasteiger partial charge is 0.338 e. The van der Waals surface area contributed by atoms with Crippen molar-refractivity contribution in [2.75, 3.05) is 13.2 Å². The maximum atomic E-state index is 13.5. The van der Waals surface area contributed by atoms with Gasteiger partial charge in [0.15, 0.2) is 5.78 Å². The van der Waals surface area contributed by atoms with Gasteiger partial charge in [0.05, 0.1) is 18.2 Å². The number of ketones is 2. The first-order chi connectivity index (χ1) is 18.4. The van der Waals surface area contributed by atoms with E-state index in [1.807, 2.05) is 25.3 Å². The average Bonchev–Trinajstić information content (AvgIpc) is 3.45. The summed E-state index contributed by atoms with van der Waals surface area (Å²) in [5.74, 6) is -3.53. The summed E-state index contributed by atoms with van der Waals surface area (Å²) in [6.45, 7) is 4.24. The van der Waals surface area contributed by atoms with Gasteiger partial charge >= 0.3 is 5.97 Å². The van der Waals surface area contributed by atoms with Crippen molar-refractivity contribution in [1.82, 2.24) is 14.9 Å². The average molecular weight is 510 g/mol. The summed E-state index contributed by atoms with van der Waals surface area (Å²) in [6.07, 6.45) is 5.37. The van der Waals surface area contributed by atoms with Crippen LogP contribution in [0.15, 0.2) is 73.2 Å². The fourth-order valence-electron chi connectivity index (χ4n) is 5.07. The lowest BCUT2D eigenvalue weighted by Gasteiger charge is -2.27. The molecule has 5 rings (SSSR count). The number of likely N-dealkylation sites (tertiary alicyclic amines) is 1. The molecule has 0 spiro atoms. The molecular formula is C30H27N3O5. The lowest BCUT2D eigenvalue weighted by Crippen LogP contribution is -2.32. The van der Waals surface area contributed by atoms with E-state index < -0.39 is 35.4 Å². The fraction of sp³-hybridized carbons (Fsp3) is 0.233. The number of rotatable bonds is 8. The number of aromatic amines is 1. The van der Waals surface area contributed by atoms with Gasteiger partial charge in [-0.05, 0) is 67.3 Å². The van der Waals surface area contributed by atoms with E-state index in [-0.39, 0.29) is 13.2 Å². The highest BCUT2D eigenvalue weighted by atomic mass is 16.5. The molecule has 1 saturated heterocycles. The van der Waals surface area contributed by atoms with Gasteiger partial charge in [-0.3, -0.25) is 19.4 Å². The Morgan fingerprint density at radius 3 is 2.45 bits per heavy atom. The molecule has 1 aliphatic rings. The number of aryl methyl sites for hydroxylation is 1. The monoisotopic (exact) mass is 509 g/mol. The van der Waals surface area contributed by atoms with Crippen molar-refractivity contribution in [3.63, 3.8) is 0 Å². The summed E-state index contributed by atoms with van der Waals surface area (Å²) in [5, 5.41) is 1.05. The van der Waals surface area contributed by atoms with Gasteiger partial charge in [-0.15, -0.1) is 0 Å². The van der Waals surface area contributed by atoms with Crippen molar-refractivity contribution < 1.29 is 23.9 Å². The van der Waals surface area contributed by atoms with Gasteiger partial charge in [0.1, 0.15) is 5.92 Å². The number of Topliss-reactive ketones (excluding diaryl/α,β-unsaturated/α-hetero) is 2. The van der Waals surface area contributed by atoms with E-state index in [2.05, 4.69) is 16.0 Å². The number of carbonyl (C=O) groups excluding carboxylic acids is 4. The molecule has 2 aromatic heterocycles. The topological polar surface area (TPSA) is 109 Å². The number of amides is 1. The van der Waals surface area contributed by atoms with E-state index in [1.54, 1.807) is 31.2 Å². The number of nitrogens with one attached hydrogen (secondary N) is 1. The van der Waals surface area contributed by atoms with Crippen LogP contribution in [-0.4, -0.2) is 51.5 Å². The number of carbonyl (C=O) groups is 4. The van der Waals surface area contributed by atoms with E-state index in [0.29, 0.717) is 23.1 Å². The van der Waals surface area contributed by atoms with Gasteiger partial charge in [0, 0.05) is 41.6 Å². The van der Waals surface area contributed by atoms with Crippen LogP contribution < -0.4 is 0 Å². The molecule has 8 heteroatoms. The minimum Gasteiger partial charge on any atom is -0.462 e. The molecule has 2 aromatic carbocycles. The van der Waals surface area contributed by atoms with Crippen LogP contribution in [0.5, 0.6) is 0 Å². The van der Waals surface area contributed by atoms with Crippen LogP contribution in [0.2, 0.25) is 0 Å². The molecule has 0 radical (unpaired) electrons. The molecule has 8 nitrogen and oxygen atoms in total. The Bertz CT molecular complexity index is 1520. The van der Waals surface area contributed by atoms with Crippen LogP contribution >= 0.6 is 0 Å². The molecule has 1 N–H and O–H groups in total. The van der Waals surface area contributed by atoms with E-state index in [9.17, 15) is 19.2 Å². The van der Waals surface area contributed by atoms with Gasteiger partial charge in [0.2, 0.25) is 5.78 Å². The third-order valence-corrected chi connectivity index (χ3v) is 6.96. The second kappa shape index (κ2) is 10.4. The van der Waals surface area contributed by atoms with Crippen molar-refractivity contribution >= 4 is 34.3 Å². The van der Waals surface area contributed by atoms with E-state index in [1.165, 1.54) is 29.4 Å². The number of ether oxygens (including phenoxy) is 1. The molecule has 1 aliphatic heterocycles. The summed E-state index contributed by atoms with van der Waals surface area (Å²) in [5.41, 5.74) is 4.41. The Morgan fingerprint density at radius 2 is 1.74 bits per heavy atom. The molecule has 2 unspecified atom stereocenters. The largest absolute Gasteiger partial charge is 0.462 e. The van der Waals surface area contributed by atoms with Crippen molar-refractivity contribution in [1.29, 1.82) is 0 Å². The summed E-state index contributed by atoms with van der Waals surface area (Å²) in [6, 6.07) is 14.9. The highest BCUT2D eigenvalue weighted by Gasteiger charge is 2.51. The van der Waals surface area contributed by atoms with E-state index in [4.69, 9.17) is 4.74 Å². The maximum Gasteiger partial charge on any atom is 0.338 e. The Morgan fingerprint density at radius 1 is 1.00 bits per heavy atom. The normalized spacial score (nSPS) is 17.3. The number of H-pyrrole nitrogens is 1. The summed E-state index contributed by atoms with van der Waals surface area (Å²) in [7, 11) is 0. The molecule has 2 atom stereocenters. The predicted molar refractivity (Wildman–Crippen MR) is 141 cm³/mol. The molecule has 38 heavy (non-hydrogen) atoms. The van der Waals surface area contributed by atoms with Crippen molar-refractivity contribution in [2.45, 2.75) is 26.3 Å². The minimum atomic E-state index is -1.20. The molecular weight excluding hydrogens is 482 g/mol. The lowest BCUT2D eigenvalue weighted by molar-refractivity contribution is -0.140. The second-order valence-electron chi connectivity index (χ2n) is 9.34. The van der Waals surface area contributed by atoms with Gasteiger partial charge < -0.3 is 14.6 Å². The zero-order valence-corrected chi connectivity index (χ0v) is 21.1. The first kappa shape index (κ1) is 25.1. The van der Waals surface area contributed by atoms with Crippen molar-refractivity contribution in [3.8, 4) is 0 Å². The molecule has 1 fully saturated rings. The number of benzene rings is 2. The third kappa shape index (κ3) is 4.61. The highest BCUT2D eigenvalue weighted by Crippen LogP contribution is 2.38. The van der Waals surface area contributed by atoms with E-state index in [0.717, 1.165) is 22.0 Å². The Labute approximate surface area is 219 Å². The van der Waals surface area contributed by atoms with Crippen molar-refractivity contribution in [3.05, 3.63) is 101 Å². The standard InChI is InChI=1S/C30H27N3O5/c1-3-38-30(37)21-7-5-19(6-8-21)26-25(27(34)20-10-13-31-14-11-20)28(35)29(36)33(26)15-12-22-17-32-24-16-18(2)4-9-23(22)24/h4-11,13-14,16-17,25-26,32H,3,12,15H2,1-2H3. The van der Waals surface area contributed by atoms with Gasteiger partial charge in [0.25, 0.3) is 5.91 Å². The fourth-order valence-corrected chi connectivity index (χ4v) is 5.07. The van der Waals surface area contributed by atoms with Gasteiger partial charge in [-0.25, -0.2) is 4.79 Å². The van der Waals surface area contributed by atoms with E-state index >= 15 is 0 Å². The molecule has 0 aliphatic carbocycles. The number of pyridine rings is 1. The SMILES string of the molecule is CCOC(=O)c1ccc(C2C(C(=O)c3ccncc3)C(=O)C(=O)N2CCc2c[nH]c3cc(C)ccc23)cc1. The highest BCUT2D eigenvalue weighted by molar-refractivity contribution is 6.44. The Hall–Kier alpha value is -4.59. The van der Waals surface area contributed by atoms with Crippen LogP contribution in [0.1, 0.15) is 50.4 Å². The predicted octanol–water partition coefficient (Wildman–Crippen LogP) is 4.24. The number of nitrogens with zero attached hydrogens (tertiary/aromatic N) is 2. The van der Waals surface area contributed by atoms with Crippen LogP contribution in [0, 0.1) is 12.8 Å². The first-order valence-corrected chi connectivity index (χ1v) is 12.5. The molecule has 0 bridgehead atoms. The number of aromatic nitrogens is 2. The third-order valence-electron chi connectivity index (χ3n) is 6.96.